The van der Waals surface area contributed by atoms with E-state index in [4.69, 9.17) is 9.47 Å². The number of hydrogen-bond acceptors (Lipinski definition) is 4. The Labute approximate surface area is 118 Å². The Morgan fingerprint density at radius 2 is 2.10 bits per heavy atom. The topological polar surface area (TPSA) is 56.5 Å². The number of nitrogens with zero attached hydrogens (tertiary/aromatic N) is 2. The van der Waals surface area contributed by atoms with Crippen molar-refractivity contribution in [3.05, 3.63) is 41.7 Å². The first-order valence-corrected chi connectivity index (χ1v) is 6.71. The maximum absolute atomic E-state index is 9.35. The Hall–Kier alpha value is -2.01. The number of aromatic nitrogens is 2. The van der Waals surface area contributed by atoms with Gasteiger partial charge < -0.3 is 14.6 Å². The van der Waals surface area contributed by atoms with Gasteiger partial charge in [-0.3, -0.25) is 4.68 Å². The highest BCUT2D eigenvalue weighted by atomic mass is 16.5. The molecule has 0 atom stereocenters. The highest BCUT2D eigenvalue weighted by molar-refractivity contribution is 5.40. The standard InChI is InChI=1S/C15H20N2O3/c1-3-8-19-14-5-4-12(10-18)15(9-14)20-11-13-6-7-17(2)16-13/h4-7,9,18H,3,8,10-11H2,1-2H3. The molecular weight excluding hydrogens is 256 g/mol. The van der Waals surface area contributed by atoms with Crippen LogP contribution < -0.4 is 9.47 Å². The molecule has 5 nitrogen and oxygen atoms in total. The lowest BCUT2D eigenvalue weighted by atomic mass is 10.2. The molecule has 0 saturated heterocycles. The van der Waals surface area contributed by atoms with Crippen LogP contribution >= 0.6 is 0 Å². The van der Waals surface area contributed by atoms with E-state index in [9.17, 15) is 5.11 Å². The molecule has 2 aromatic rings. The molecule has 0 unspecified atom stereocenters. The fraction of sp³-hybridized carbons (Fsp3) is 0.400. The highest BCUT2D eigenvalue weighted by Crippen LogP contribution is 2.26. The number of aliphatic hydroxyl groups is 1. The van der Waals surface area contributed by atoms with Gasteiger partial charge in [0.15, 0.2) is 0 Å². The van der Waals surface area contributed by atoms with Crippen molar-refractivity contribution in [3.63, 3.8) is 0 Å². The third-order valence-electron chi connectivity index (χ3n) is 2.83. The summed E-state index contributed by atoms with van der Waals surface area (Å²) in [5, 5.41) is 13.6. The third-order valence-corrected chi connectivity index (χ3v) is 2.83. The van der Waals surface area contributed by atoms with Gasteiger partial charge in [-0.25, -0.2) is 0 Å². The summed E-state index contributed by atoms with van der Waals surface area (Å²) >= 11 is 0. The molecule has 0 spiro atoms. The van der Waals surface area contributed by atoms with E-state index >= 15 is 0 Å². The number of aliphatic hydroxyl groups excluding tert-OH is 1. The van der Waals surface area contributed by atoms with Gasteiger partial charge in [-0.05, 0) is 24.6 Å². The second kappa shape index (κ2) is 6.96. The molecular formula is C15H20N2O3. The molecule has 108 valence electrons. The number of hydrogen-bond donors (Lipinski definition) is 1. The maximum Gasteiger partial charge on any atom is 0.132 e. The lowest BCUT2D eigenvalue weighted by Gasteiger charge is -2.12. The van der Waals surface area contributed by atoms with Crippen molar-refractivity contribution in [1.82, 2.24) is 9.78 Å². The van der Waals surface area contributed by atoms with Crippen LogP contribution in [0.5, 0.6) is 11.5 Å². The average Bonchev–Trinajstić information content (AvgIpc) is 2.88. The van der Waals surface area contributed by atoms with Crippen LogP contribution in [0.1, 0.15) is 24.6 Å². The fourth-order valence-corrected chi connectivity index (χ4v) is 1.80. The lowest BCUT2D eigenvalue weighted by Crippen LogP contribution is -2.02. The molecule has 20 heavy (non-hydrogen) atoms. The van der Waals surface area contributed by atoms with Crippen molar-refractivity contribution in [1.29, 1.82) is 0 Å². The molecule has 0 fully saturated rings. The summed E-state index contributed by atoms with van der Waals surface area (Å²) < 4.78 is 13.0. The molecule has 1 aromatic carbocycles. The van der Waals surface area contributed by atoms with E-state index in [1.165, 1.54) is 0 Å². The molecule has 1 heterocycles. The molecule has 1 aromatic heterocycles. The van der Waals surface area contributed by atoms with Gasteiger partial charge in [0.05, 0.1) is 18.9 Å². The summed E-state index contributed by atoms with van der Waals surface area (Å²) in [4.78, 5) is 0. The Kier molecular flexibility index (Phi) is 5.01. The molecule has 0 bridgehead atoms. The SMILES string of the molecule is CCCOc1ccc(CO)c(OCc2ccn(C)n2)c1. The Balaban J connectivity index is 2.07. The van der Waals surface area contributed by atoms with Gasteiger partial charge in [0.1, 0.15) is 18.1 Å². The first-order valence-electron chi connectivity index (χ1n) is 6.71. The minimum Gasteiger partial charge on any atom is -0.493 e. The van der Waals surface area contributed by atoms with Crippen LogP contribution in [0.3, 0.4) is 0 Å². The van der Waals surface area contributed by atoms with Crippen LogP contribution in [0.15, 0.2) is 30.5 Å². The van der Waals surface area contributed by atoms with E-state index < -0.39 is 0 Å². The second-order valence-corrected chi connectivity index (χ2v) is 4.55. The van der Waals surface area contributed by atoms with Crippen LogP contribution in [-0.4, -0.2) is 21.5 Å². The number of ether oxygens (including phenoxy) is 2. The summed E-state index contributed by atoms with van der Waals surface area (Å²) in [6.45, 7) is 3.02. The summed E-state index contributed by atoms with van der Waals surface area (Å²) in [5.41, 5.74) is 1.58. The number of benzene rings is 1. The molecule has 1 N–H and O–H groups in total. The third kappa shape index (κ3) is 3.74. The Bertz CT molecular complexity index is 552. The Morgan fingerprint density at radius 1 is 1.25 bits per heavy atom. The minimum absolute atomic E-state index is 0.0639. The van der Waals surface area contributed by atoms with Crippen LogP contribution in [0, 0.1) is 0 Å². The van der Waals surface area contributed by atoms with Gasteiger partial charge >= 0.3 is 0 Å². The summed E-state index contributed by atoms with van der Waals surface area (Å²) in [6, 6.07) is 7.37. The molecule has 0 aliphatic rings. The van der Waals surface area contributed by atoms with Crippen LogP contribution in [0.25, 0.3) is 0 Å². The largest absolute Gasteiger partial charge is 0.493 e. The van der Waals surface area contributed by atoms with Gasteiger partial charge in [-0.2, -0.15) is 5.10 Å². The zero-order chi connectivity index (χ0) is 14.4. The van der Waals surface area contributed by atoms with Gasteiger partial charge in [0.25, 0.3) is 0 Å². The highest BCUT2D eigenvalue weighted by Gasteiger charge is 2.07. The van der Waals surface area contributed by atoms with E-state index in [0.717, 1.165) is 23.4 Å². The molecule has 0 aliphatic heterocycles. The predicted molar refractivity (Wildman–Crippen MR) is 75.7 cm³/mol. The normalized spacial score (nSPS) is 10.6. The number of rotatable bonds is 7. The molecule has 0 saturated carbocycles. The van der Waals surface area contributed by atoms with Gasteiger partial charge in [0, 0.05) is 24.9 Å². The maximum atomic E-state index is 9.35. The predicted octanol–water partition coefficient (Wildman–Crippen LogP) is 2.28. The zero-order valence-corrected chi connectivity index (χ0v) is 11.9. The molecule has 5 heteroatoms. The van der Waals surface area contributed by atoms with E-state index in [2.05, 4.69) is 12.0 Å². The average molecular weight is 276 g/mol. The molecule has 0 amide bonds. The quantitative estimate of drug-likeness (QED) is 0.843. The van der Waals surface area contributed by atoms with Crippen molar-refractivity contribution >= 4 is 0 Å². The minimum atomic E-state index is -0.0639. The van der Waals surface area contributed by atoms with Crippen molar-refractivity contribution in [2.75, 3.05) is 6.61 Å². The van der Waals surface area contributed by atoms with Crippen LogP contribution in [0.2, 0.25) is 0 Å². The summed E-state index contributed by atoms with van der Waals surface area (Å²) in [7, 11) is 1.86. The second-order valence-electron chi connectivity index (χ2n) is 4.55. The van der Waals surface area contributed by atoms with Crippen molar-refractivity contribution in [2.24, 2.45) is 7.05 Å². The van der Waals surface area contributed by atoms with E-state index in [1.807, 2.05) is 37.5 Å². The lowest BCUT2D eigenvalue weighted by molar-refractivity contribution is 0.254. The zero-order valence-electron chi connectivity index (χ0n) is 11.9. The fourth-order valence-electron chi connectivity index (χ4n) is 1.80. The van der Waals surface area contributed by atoms with Crippen LogP contribution in [-0.2, 0) is 20.3 Å². The molecule has 2 rings (SSSR count). The van der Waals surface area contributed by atoms with E-state index in [-0.39, 0.29) is 6.61 Å². The summed E-state index contributed by atoms with van der Waals surface area (Å²) in [5.74, 6) is 1.38. The van der Waals surface area contributed by atoms with Crippen molar-refractivity contribution < 1.29 is 14.6 Å². The molecule has 0 radical (unpaired) electrons. The number of aryl methyl sites for hydroxylation is 1. The van der Waals surface area contributed by atoms with E-state index in [1.54, 1.807) is 4.68 Å². The first kappa shape index (κ1) is 14.4. The van der Waals surface area contributed by atoms with Gasteiger partial charge in [-0.15, -0.1) is 0 Å². The smallest absolute Gasteiger partial charge is 0.132 e. The van der Waals surface area contributed by atoms with Crippen LogP contribution in [0.4, 0.5) is 0 Å². The van der Waals surface area contributed by atoms with E-state index in [0.29, 0.717) is 19.0 Å². The first-order chi connectivity index (χ1) is 9.72. The van der Waals surface area contributed by atoms with Gasteiger partial charge in [0.2, 0.25) is 0 Å². The van der Waals surface area contributed by atoms with Gasteiger partial charge in [-0.1, -0.05) is 6.92 Å². The summed E-state index contributed by atoms with van der Waals surface area (Å²) in [6.07, 6.45) is 2.82. The Morgan fingerprint density at radius 3 is 2.75 bits per heavy atom. The van der Waals surface area contributed by atoms with Crippen molar-refractivity contribution in [3.8, 4) is 11.5 Å². The van der Waals surface area contributed by atoms with Crippen molar-refractivity contribution in [2.45, 2.75) is 26.6 Å². The monoisotopic (exact) mass is 276 g/mol. The molecule has 0 aliphatic carbocycles.